The molecule has 20 heavy (non-hydrogen) atoms. The number of rotatable bonds is 5. The number of benzene rings is 1. The molecule has 1 unspecified atom stereocenters. The van der Waals surface area contributed by atoms with Gasteiger partial charge in [0.2, 0.25) is 10.0 Å². The number of aromatic nitrogens is 1. The first-order valence-electron chi connectivity index (χ1n) is 5.64. The molecule has 2 N–H and O–H groups in total. The molecule has 1 aromatic carbocycles. The van der Waals surface area contributed by atoms with Crippen LogP contribution < -0.4 is 4.72 Å². The van der Waals surface area contributed by atoms with Crippen LogP contribution >= 0.6 is 11.3 Å². The van der Waals surface area contributed by atoms with Gasteiger partial charge < -0.3 is 5.11 Å². The highest BCUT2D eigenvalue weighted by molar-refractivity contribution is 7.94. The molecule has 106 valence electrons. The lowest BCUT2D eigenvalue weighted by Crippen LogP contribution is -2.32. The van der Waals surface area contributed by atoms with Gasteiger partial charge >= 0.3 is 5.97 Å². The van der Waals surface area contributed by atoms with E-state index < -0.39 is 21.2 Å². The van der Waals surface area contributed by atoms with Crippen molar-refractivity contribution in [1.82, 2.24) is 4.98 Å². The number of nitrogens with one attached hydrogen (secondary N) is 1. The molecule has 0 aliphatic heterocycles. The molecule has 0 spiro atoms. The minimum atomic E-state index is -3.96. The van der Waals surface area contributed by atoms with Crippen molar-refractivity contribution in [3.63, 3.8) is 0 Å². The first-order valence-corrected chi connectivity index (χ1v) is 8.07. The Balaban J connectivity index is 2.27. The summed E-state index contributed by atoms with van der Waals surface area (Å²) in [6, 6.07) is 6.66. The molecule has 0 bridgehead atoms. The van der Waals surface area contributed by atoms with E-state index in [0.29, 0.717) is 5.69 Å². The van der Waals surface area contributed by atoms with Crippen molar-refractivity contribution in [3.05, 3.63) is 35.8 Å². The first-order chi connectivity index (χ1) is 9.40. The van der Waals surface area contributed by atoms with Crippen molar-refractivity contribution in [1.29, 1.82) is 0 Å². The van der Waals surface area contributed by atoms with Gasteiger partial charge in [0.05, 0.1) is 0 Å². The lowest BCUT2D eigenvalue weighted by molar-refractivity contribution is -0.136. The predicted molar refractivity (Wildman–Crippen MR) is 77.2 cm³/mol. The molecule has 0 saturated heterocycles. The van der Waals surface area contributed by atoms with Gasteiger partial charge in [0, 0.05) is 22.8 Å². The molecule has 0 saturated carbocycles. The van der Waals surface area contributed by atoms with Crippen LogP contribution in [0.2, 0.25) is 0 Å². The topological polar surface area (TPSA) is 96.4 Å². The van der Waals surface area contributed by atoms with Crippen LogP contribution in [0.4, 0.5) is 5.69 Å². The zero-order chi connectivity index (χ0) is 14.8. The number of hydrogen-bond donors (Lipinski definition) is 2. The molecule has 0 fully saturated rings. The summed E-state index contributed by atoms with van der Waals surface area (Å²) in [7, 11) is -3.96. The second-order valence-electron chi connectivity index (χ2n) is 4.05. The molecule has 2 aromatic rings. The largest absolute Gasteiger partial charge is 0.480 e. The van der Waals surface area contributed by atoms with E-state index in [1.165, 1.54) is 11.3 Å². The SMILES string of the molecule is CC(C(=O)O)S(=O)(=O)Nc1cccc(-c2nccs2)c1. The summed E-state index contributed by atoms with van der Waals surface area (Å²) in [4.78, 5) is 14.9. The Kier molecular flexibility index (Phi) is 4.05. The molecule has 2 rings (SSSR count). The van der Waals surface area contributed by atoms with E-state index in [1.54, 1.807) is 30.5 Å². The maximum atomic E-state index is 11.8. The van der Waals surface area contributed by atoms with Crippen molar-refractivity contribution in [2.75, 3.05) is 4.72 Å². The number of thiazole rings is 1. The molecule has 6 nitrogen and oxygen atoms in total. The molecule has 8 heteroatoms. The Hall–Kier alpha value is -1.93. The third-order valence-corrected chi connectivity index (χ3v) is 5.09. The molecular formula is C12H12N2O4S2. The summed E-state index contributed by atoms with van der Waals surface area (Å²) in [5.41, 5.74) is 1.08. The van der Waals surface area contributed by atoms with Gasteiger partial charge in [-0.05, 0) is 19.1 Å². The minimum absolute atomic E-state index is 0.311. The number of carboxylic acid groups (broad SMARTS) is 1. The molecular weight excluding hydrogens is 300 g/mol. The maximum absolute atomic E-state index is 11.8. The summed E-state index contributed by atoms with van der Waals surface area (Å²) in [6.45, 7) is 1.12. The minimum Gasteiger partial charge on any atom is -0.480 e. The van der Waals surface area contributed by atoms with Crippen LogP contribution in [0.1, 0.15) is 6.92 Å². The van der Waals surface area contributed by atoms with E-state index in [1.807, 2.05) is 5.38 Å². The van der Waals surface area contributed by atoms with Crippen LogP contribution in [0, 0.1) is 0 Å². The summed E-state index contributed by atoms with van der Waals surface area (Å²) >= 11 is 1.43. The van der Waals surface area contributed by atoms with Gasteiger partial charge in [-0.25, -0.2) is 13.4 Å². The summed E-state index contributed by atoms with van der Waals surface area (Å²) in [5, 5.41) is 9.83. The number of carboxylic acids is 1. The van der Waals surface area contributed by atoms with Gasteiger partial charge in [0.15, 0.2) is 5.25 Å². The summed E-state index contributed by atoms with van der Waals surface area (Å²) in [5.74, 6) is -1.39. The van der Waals surface area contributed by atoms with Crippen LogP contribution in [0.25, 0.3) is 10.6 Å². The van der Waals surface area contributed by atoms with E-state index in [2.05, 4.69) is 9.71 Å². The van der Waals surface area contributed by atoms with Gasteiger partial charge in [0.1, 0.15) is 5.01 Å². The Bertz CT molecular complexity index is 711. The Labute approximate surface area is 120 Å². The Morgan fingerprint density at radius 2 is 2.20 bits per heavy atom. The van der Waals surface area contributed by atoms with Crippen molar-refractivity contribution in [2.24, 2.45) is 0 Å². The van der Waals surface area contributed by atoms with Gasteiger partial charge in [0.25, 0.3) is 0 Å². The second-order valence-corrected chi connectivity index (χ2v) is 6.94. The Morgan fingerprint density at radius 3 is 2.80 bits per heavy atom. The molecule has 0 aliphatic carbocycles. The quantitative estimate of drug-likeness (QED) is 0.880. The Morgan fingerprint density at radius 1 is 1.45 bits per heavy atom. The van der Waals surface area contributed by atoms with Crippen molar-refractivity contribution in [3.8, 4) is 10.6 Å². The van der Waals surface area contributed by atoms with Gasteiger partial charge in [-0.2, -0.15) is 0 Å². The monoisotopic (exact) mass is 312 g/mol. The summed E-state index contributed by atoms with van der Waals surface area (Å²) in [6.07, 6.45) is 1.66. The average molecular weight is 312 g/mol. The fraction of sp³-hybridized carbons (Fsp3) is 0.167. The zero-order valence-corrected chi connectivity index (χ0v) is 12.1. The highest BCUT2D eigenvalue weighted by Crippen LogP contribution is 2.25. The standard InChI is InChI=1S/C12H12N2O4S2/c1-8(12(15)16)20(17,18)14-10-4-2-3-9(7-10)11-13-5-6-19-11/h2-8,14H,1H3,(H,15,16). The van der Waals surface area contributed by atoms with Gasteiger partial charge in [-0.3, -0.25) is 9.52 Å². The first kappa shape index (κ1) is 14.5. The van der Waals surface area contributed by atoms with E-state index in [4.69, 9.17) is 5.11 Å². The number of anilines is 1. The van der Waals surface area contributed by atoms with E-state index in [9.17, 15) is 13.2 Å². The summed E-state index contributed by atoms with van der Waals surface area (Å²) < 4.78 is 25.9. The van der Waals surface area contributed by atoms with Crippen molar-refractivity contribution < 1.29 is 18.3 Å². The zero-order valence-electron chi connectivity index (χ0n) is 10.5. The highest BCUT2D eigenvalue weighted by Gasteiger charge is 2.27. The van der Waals surface area contributed by atoms with E-state index >= 15 is 0 Å². The van der Waals surface area contributed by atoms with Gasteiger partial charge in [-0.1, -0.05) is 12.1 Å². The van der Waals surface area contributed by atoms with Gasteiger partial charge in [-0.15, -0.1) is 11.3 Å². The number of nitrogens with zero attached hydrogens (tertiary/aromatic N) is 1. The molecule has 0 radical (unpaired) electrons. The molecule has 0 amide bonds. The third kappa shape index (κ3) is 3.14. The van der Waals surface area contributed by atoms with Crippen LogP contribution in [0.3, 0.4) is 0 Å². The van der Waals surface area contributed by atoms with Crippen LogP contribution in [-0.2, 0) is 14.8 Å². The highest BCUT2D eigenvalue weighted by atomic mass is 32.2. The number of carbonyl (C=O) groups is 1. The normalized spacial score (nSPS) is 12.8. The van der Waals surface area contributed by atoms with E-state index in [-0.39, 0.29) is 0 Å². The van der Waals surface area contributed by atoms with Crippen molar-refractivity contribution >= 4 is 33.0 Å². The van der Waals surface area contributed by atoms with Crippen LogP contribution in [0.5, 0.6) is 0 Å². The van der Waals surface area contributed by atoms with Crippen LogP contribution in [-0.4, -0.2) is 29.7 Å². The number of aliphatic carboxylic acids is 1. The molecule has 0 aliphatic rings. The fourth-order valence-electron chi connectivity index (χ4n) is 1.47. The lowest BCUT2D eigenvalue weighted by atomic mass is 10.2. The average Bonchev–Trinajstić information content (AvgIpc) is 2.91. The maximum Gasteiger partial charge on any atom is 0.323 e. The number of sulfonamides is 1. The third-order valence-electron chi connectivity index (χ3n) is 2.62. The lowest BCUT2D eigenvalue weighted by Gasteiger charge is -2.11. The molecule has 1 aromatic heterocycles. The van der Waals surface area contributed by atoms with Crippen LogP contribution in [0.15, 0.2) is 35.8 Å². The second kappa shape index (κ2) is 5.59. The fourth-order valence-corrected chi connectivity index (χ4v) is 3.00. The van der Waals surface area contributed by atoms with E-state index in [0.717, 1.165) is 17.5 Å². The molecule has 1 atom stereocenters. The smallest absolute Gasteiger partial charge is 0.323 e. The van der Waals surface area contributed by atoms with Crippen molar-refractivity contribution in [2.45, 2.75) is 12.2 Å². The predicted octanol–water partition coefficient (Wildman–Crippen LogP) is 2.02. The molecule has 1 heterocycles. The number of hydrogen-bond acceptors (Lipinski definition) is 5.